The molecule has 0 spiro atoms. The molecule has 0 fully saturated rings. The fraction of sp³-hybridized carbons (Fsp3) is 0.160. The van der Waals surface area contributed by atoms with Crippen LogP contribution in [0.1, 0.15) is 22.3 Å². The molecule has 0 saturated carbocycles. The van der Waals surface area contributed by atoms with Crippen molar-refractivity contribution in [1.82, 2.24) is 9.97 Å². The molecule has 4 aromatic rings. The van der Waals surface area contributed by atoms with E-state index in [2.05, 4.69) is 0 Å². The Balaban J connectivity index is 1.59. The second-order valence-electron chi connectivity index (χ2n) is 8.00. The van der Waals surface area contributed by atoms with Crippen LogP contribution in [0, 0.1) is 5.82 Å². The summed E-state index contributed by atoms with van der Waals surface area (Å²) < 4.78 is 24.9. The van der Waals surface area contributed by atoms with Crippen LogP contribution < -0.4 is 14.4 Å². The first-order valence-corrected chi connectivity index (χ1v) is 10.6. The standard InChI is InChI=1S/C25H18FN3O4/c26-17-5-7-20-14(10-17)2-1-9-29(20)24-23(15-4-8-21-22(12-15)33-13-32-21)27-18-6-3-16(25(30)31)11-19(18)28-24/h3-8,10-12H,1-2,9,13H2,(H,30,31). The number of aryl methyl sites for hydroxylation is 1. The SMILES string of the molecule is O=C(O)c1ccc2nc(-c3ccc4c(c3)OCO4)c(N3CCCc4cc(F)ccc43)nc2c1. The number of ether oxygens (including phenoxy) is 2. The van der Waals surface area contributed by atoms with Gasteiger partial charge in [0.25, 0.3) is 0 Å². The minimum Gasteiger partial charge on any atom is -0.478 e. The molecule has 2 aliphatic rings. The van der Waals surface area contributed by atoms with Crippen molar-refractivity contribution in [2.75, 3.05) is 18.2 Å². The maximum absolute atomic E-state index is 13.9. The molecule has 0 radical (unpaired) electrons. The number of anilines is 2. The van der Waals surface area contributed by atoms with Gasteiger partial charge in [-0.3, -0.25) is 0 Å². The molecule has 1 aromatic heterocycles. The number of hydrogen-bond donors (Lipinski definition) is 1. The summed E-state index contributed by atoms with van der Waals surface area (Å²) in [4.78, 5) is 23.3. The Hall–Kier alpha value is -4.20. The summed E-state index contributed by atoms with van der Waals surface area (Å²) in [6.07, 6.45) is 1.60. The molecule has 3 heterocycles. The van der Waals surface area contributed by atoms with E-state index in [1.165, 1.54) is 18.2 Å². The topological polar surface area (TPSA) is 84.8 Å². The third-order valence-corrected chi connectivity index (χ3v) is 5.95. The quantitative estimate of drug-likeness (QED) is 0.480. The summed E-state index contributed by atoms with van der Waals surface area (Å²) in [6.45, 7) is 0.840. The highest BCUT2D eigenvalue weighted by Crippen LogP contribution is 2.41. The summed E-state index contributed by atoms with van der Waals surface area (Å²) in [5, 5.41) is 9.42. The summed E-state index contributed by atoms with van der Waals surface area (Å²) in [5.41, 5.74) is 4.38. The van der Waals surface area contributed by atoms with Gasteiger partial charge in [0.2, 0.25) is 6.79 Å². The average Bonchev–Trinajstić information content (AvgIpc) is 3.30. The Morgan fingerprint density at radius 3 is 2.73 bits per heavy atom. The van der Waals surface area contributed by atoms with Crippen LogP contribution in [0.4, 0.5) is 15.9 Å². The van der Waals surface area contributed by atoms with Crippen molar-refractivity contribution in [3.63, 3.8) is 0 Å². The Bertz CT molecular complexity index is 1440. The number of rotatable bonds is 3. The third-order valence-electron chi connectivity index (χ3n) is 5.95. The molecule has 3 aromatic carbocycles. The van der Waals surface area contributed by atoms with E-state index in [1.807, 2.05) is 23.1 Å². The zero-order valence-electron chi connectivity index (χ0n) is 17.4. The van der Waals surface area contributed by atoms with Gasteiger partial charge in [-0.05, 0) is 73.0 Å². The zero-order valence-corrected chi connectivity index (χ0v) is 17.4. The molecule has 0 bridgehead atoms. The van der Waals surface area contributed by atoms with Gasteiger partial charge in [-0.25, -0.2) is 19.2 Å². The first-order chi connectivity index (χ1) is 16.1. The van der Waals surface area contributed by atoms with Crippen molar-refractivity contribution in [2.24, 2.45) is 0 Å². The van der Waals surface area contributed by atoms with Gasteiger partial charge in [-0.2, -0.15) is 0 Å². The maximum atomic E-state index is 13.9. The van der Waals surface area contributed by atoms with Gasteiger partial charge in [0.15, 0.2) is 17.3 Å². The van der Waals surface area contributed by atoms with Crippen molar-refractivity contribution in [3.05, 3.63) is 71.5 Å². The lowest BCUT2D eigenvalue weighted by atomic mass is 10.0. The number of carboxylic acid groups (broad SMARTS) is 1. The maximum Gasteiger partial charge on any atom is 0.335 e. The molecule has 0 aliphatic carbocycles. The van der Waals surface area contributed by atoms with E-state index in [9.17, 15) is 14.3 Å². The van der Waals surface area contributed by atoms with Gasteiger partial charge in [0.1, 0.15) is 11.5 Å². The van der Waals surface area contributed by atoms with E-state index in [-0.39, 0.29) is 18.2 Å². The van der Waals surface area contributed by atoms with Gasteiger partial charge >= 0.3 is 5.97 Å². The highest BCUT2D eigenvalue weighted by Gasteiger charge is 2.25. The first-order valence-electron chi connectivity index (χ1n) is 10.6. The first kappa shape index (κ1) is 19.5. The minimum atomic E-state index is -1.03. The van der Waals surface area contributed by atoms with Crippen molar-refractivity contribution in [3.8, 4) is 22.8 Å². The van der Waals surface area contributed by atoms with Crippen LogP contribution >= 0.6 is 0 Å². The van der Waals surface area contributed by atoms with Gasteiger partial charge < -0.3 is 19.5 Å². The van der Waals surface area contributed by atoms with Crippen molar-refractivity contribution in [1.29, 1.82) is 0 Å². The lowest BCUT2D eigenvalue weighted by Gasteiger charge is -2.31. The number of halogens is 1. The Morgan fingerprint density at radius 2 is 1.85 bits per heavy atom. The minimum absolute atomic E-state index is 0.139. The predicted octanol–water partition coefficient (Wildman–Crippen LogP) is 4.95. The Morgan fingerprint density at radius 1 is 0.970 bits per heavy atom. The Labute approximate surface area is 188 Å². The summed E-state index contributed by atoms with van der Waals surface area (Å²) in [6, 6.07) is 15.0. The van der Waals surface area contributed by atoms with Crippen LogP contribution in [-0.4, -0.2) is 34.4 Å². The molecule has 164 valence electrons. The highest BCUT2D eigenvalue weighted by molar-refractivity contribution is 5.94. The second-order valence-corrected chi connectivity index (χ2v) is 8.00. The molecule has 0 unspecified atom stereocenters. The van der Waals surface area contributed by atoms with Crippen molar-refractivity contribution in [2.45, 2.75) is 12.8 Å². The molecular formula is C25H18FN3O4. The molecule has 0 atom stereocenters. The van der Waals surface area contributed by atoms with Crippen LogP contribution in [0.2, 0.25) is 0 Å². The highest BCUT2D eigenvalue weighted by atomic mass is 19.1. The molecule has 8 heteroatoms. The van der Waals surface area contributed by atoms with Crippen LogP contribution in [0.5, 0.6) is 11.5 Å². The number of carbonyl (C=O) groups is 1. The normalized spacial score (nSPS) is 14.4. The Kier molecular flexibility index (Phi) is 4.39. The lowest BCUT2D eigenvalue weighted by Crippen LogP contribution is -2.26. The third kappa shape index (κ3) is 3.31. The van der Waals surface area contributed by atoms with E-state index < -0.39 is 5.97 Å². The van der Waals surface area contributed by atoms with Gasteiger partial charge in [0, 0.05) is 17.8 Å². The van der Waals surface area contributed by atoms with E-state index in [4.69, 9.17) is 19.4 Å². The second kappa shape index (κ2) is 7.44. The summed E-state index contributed by atoms with van der Waals surface area (Å²) >= 11 is 0. The van der Waals surface area contributed by atoms with Crippen LogP contribution in [0.3, 0.4) is 0 Å². The lowest BCUT2D eigenvalue weighted by molar-refractivity contribution is 0.0697. The van der Waals surface area contributed by atoms with Crippen LogP contribution in [0.15, 0.2) is 54.6 Å². The molecule has 0 saturated heterocycles. The van der Waals surface area contributed by atoms with E-state index in [0.29, 0.717) is 40.6 Å². The average molecular weight is 443 g/mol. The van der Waals surface area contributed by atoms with Gasteiger partial charge in [-0.1, -0.05) is 0 Å². The number of aromatic carboxylic acids is 1. The number of nitrogens with zero attached hydrogens (tertiary/aromatic N) is 3. The van der Waals surface area contributed by atoms with Gasteiger partial charge in [0.05, 0.1) is 16.6 Å². The van der Waals surface area contributed by atoms with Crippen LogP contribution in [0.25, 0.3) is 22.3 Å². The van der Waals surface area contributed by atoms with E-state index in [1.54, 1.807) is 18.2 Å². The largest absolute Gasteiger partial charge is 0.478 e. The van der Waals surface area contributed by atoms with Crippen molar-refractivity contribution < 1.29 is 23.8 Å². The molecule has 2 aliphatic heterocycles. The molecule has 0 amide bonds. The smallest absolute Gasteiger partial charge is 0.335 e. The molecule has 7 nitrogen and oxygen atoms in total. The fourth-order valence-corrected chi connectivity index (χ4v) is 4.39. The zero-order chi connectivity index (χ0) is 22.5. The molecule has 33 heavy (non-hydrogen) atoms. The van der Waals surface area contributed by atoms with Crippen molar-refractivity contribution >= 4 is 28.5 Å². The molecular weight excluding hydrogens is 425 g/mol. The molecule has 6 rings (SSSR count). The van der Waals surface area contributed by atoms with Gasteiger partial charge in [-0.15, -0.1) is 0 Å². The number of fused-ring (bicyclic) bond motifs is 3. The number of benzene rings is 3. The predicted molar refractivity (Wildman–Crippen MR) is 120 cm³/mol. The van der Waals surface area contributed by atoms with E-state index in [0.717, 1.165) is 29.7 Å². The summed E-state index contributed by atoms with van der Waals surface area (Å²) in [5.74, 6) is 0.569. The summed E-state index contributed by atoms with van der Waals surface area (Å²) in [7, 11) is 0. The number of carboxylic acids is 1. The molecule has 1 N–H and O–H groups in total. The number of hydrogen-bond acceptors (Lipinski definition) is 6. The van der Waals surface area contributed by atoms with Crippen LogP contribution in [-0.2, 0) is 6.42 Å². The van der Waals surface area contributed by atoms with E-state index >= 15 is 0 Å². The number of aromatic nitrogens is 2. The monoisotopic (exact) mass is 443 g/mol. The fourth-order valence-electron chi connectivity index (χ4n) is 4.39.